The minimum absolute atomic E-state index is 0.00403. The van der Waals surface area contributed by atoms with Gasteiger partial charge in [-0.3, -0.25) is 71.5 Å². The molecule has 28 heteroatoms. The van der Waals surface area contributed by atoms with Crippen molar-refractivity contribution in [1.29, 1.82) is 10.5 Å². The Morgan fingerprint density at radius 3 is 2.35 bits per heavy atom. The number of hydrogen-bond acceptors (Lipinski definition) is 19. The third-order valence-electron chi connectivity index (χ3n) is 9.26. The molecule has 2 saturated heterocycles. The lowest BCUT2D eigenvalue weighted by Crippen LogP contribution is -2.39. The van der Waals surface area contributed by atoms with Gasteiger partial charge in [0.2, 0.25) is 23.7 Å². The zero-order chi connectivity index (χ0) is 45.9. The summed E-state index contributed by atoms with van der Waals surface area (Å²) in [7, 11) is -8.02. The summed E-state index contributed by atoms with van der Waals surface area (Å²) in [6.07, 6.45) is -2.03. The van der Waals surface area contributed by atoms with E-state index in [2.05, 4.69) is 40.9 Å². The van der Waals surface area contributed by atoms with E-state index in [0.717, 1.165) is 0 Å². The molecular formula is C35H48N12O14P2. The van der Waals surface area contributed by atoms with Crippen LogP contribution in [0, 0.1) is 34.5 Å². The molecule has 342 valence electrons. The molecule has 2 aliphatic heterocycles. The van der Waals surface area contributed by atoms with Crippen LogP contribution in [0.1, 0.15) is 82.7 Å². The van der Waals surface area contributed by atoms with E-state index in [9.17, 15) is 38.5 Å². The maximum absolute atomic E-state index is 14.4. The van der Waals surface area contributed by atoms with Crippen molar-refractivity contribution in [3.8, 4) is 12.1 Å². The summed E-state index contributed by atoms with van der Waals surface area (Å²) in [5.74, 6) is -1.64. The molecule has 7 atom stereocenters. The van der Waals surface area contributed by atoms with Gasteiger partial charge in [0.15, 0.2) is 17.5 Å². The zero-order valence-electron chi connectivity index (χ0n) is 34.9. The van der Waals surface area contributed by atoms with Crippen molar-refractivity contribution in [3.05, 3.63) is 28.7 Å². The van der Waals surface area contributed by atoms with Gasteiger partial charge in [-0.2, -0.15) is 15.5 Å². The van der Waals surface area contributed by atoms with E-state index in [-0.39, 0.29) is 78.2 Å². The van der Waals surface area contributed by atoms with Gasteiger partial charge >= 0.3 is 15.6 Å². The molecule has 6 unspecified atom stereocenters. The number of H-pyrrole nitrogens is 1. The number of ether oxygens (including phenoxy) is 2. The number of anilines is 2. The summed E-state index contributed by atoms with van der Waals surface area (Å²) < 4.78 is 69.7. The fourth-order valence-electron chi connectivity index (χ4n) is 5.98. The highest BCUT2D eigenvalue weighted by Crippen LogP contribution is 2.54. The molecular weight excluding hydrogens is 874 g/mol. The van der Waals surface area contributed by atoms with Gasteiger partial charge in [0.25, 0.3) is 5.56 Å². The van der Waals surface area contributed by atoms with E-state index >= 15 is 0 Å². The number of rotatable bonds is 21. The minimum atomic E-state index is -4.76. The number of carbonyl (C=O) groups is 3. The molecule has 0 radical (unpaired) electrons. The number of amides is 2. The number of hydrogen-bond donors (Lipinski definition) is 5. The fraction of sp³-hybridized carbons (Fsp3) is 0.600. The van der Waals surface area contributed by atoms with E-state index in [4.69, 9.17) is 37.4 Å². The average Bonchev–Trinajstić information content (AvgIpc) is 4.05. The molecule has 5 heterocycles. The van der Waals surface area contributed by atoms with Gasteiger partial charge in [0.1, 0.15) is 36.2 Å². The molecule has 2 aliphatic rings. The Labute approximate surface area is 359 Å². The zero-order valence-corrected chi connectivity index (χ0v) is 36.7. The highest BCUT2D eigenvalue weighted by molar-refractivity contribution is 7.48. The number of aromatic nitrogens is 6. The van der Waals surface area contributed by atoms with Gasteiger partial charge in [0, 0.05) is 25.3 Å². The normalized spacial score (nSPS) is 22.1. The van der Waals surface area contributed by atoms with Crippen molar-refractivity contribution in [2.75, 3.05) is 44.1 Å². The van der Waals surface area contributed by atoms with Crippen LogP contribution in [0.15, 0.2) is 22.4 Å². The maximum Gasteiger partial charge on any atom is 0.475 e. The molecule has 63 heavy (non-hydrogen) atoms. The second-order valence-electron chi connectivity index (χ2n) is 14.5. The molecule has 0 aromatic carbocycles. The first-order valence-electron chi connectivity index (χ1n) is 19.6. The molecule has 0 bridgehead atoms. The molecule has 0 aliphatic carbocycles. The number of imidazole rings is 2. The number of phosphoric acid groups is 2. The van der Waals surface area contributed by atoms with E-state index in [1.807, 2.05) is 6.07 Å². The van der Waals surface area contributed by atoms with Crippen molar-refractivity contribution < 1.29 is 60.5 Å². The number of fused-ring (bicyclic) bond motifs is 1. The van der Waals surface area contributed by atoms with E-state index in [1.165, 1.54) is 28.8 Å². The van der Waals surface area contributed by atoms with Gasteiger partial charge in [-0.25, -0.2) is 19.1 Å². The maximum atomic E-state index is 14.4. The predicted octanol–water partition coefficient (Wildman–Crippen LogP) is 3.05. The summed E-state index contributed by atoms with van der Waals surface area (Å²) in [4.78, 5) is 79.0. The number of nitrogens with one attached hydrogen (secondary N) is 4. The number of guanidine groups is 1. The van der Waals surface area contributed by atoms with Crippen molar-refractivity contribution in [2.24, 2.45) is 16.8 Å². The number of carbonyl (C=O) groups excluding carboxylic acids is 3. The lowest BCUT2D eigenvalue weighted by Gasteiger charge is -2.25. The number of aromatic amines is 1. The largest absolute Gasteiger partial charge is 0.475 e. The van der Waals surface area contributed by atoms with Crippen molar-refractivity contribution in [2.45, 2.75) is 90.6 Å². The Morgan fingerprint density at radius 2 is 1.68 bits per heavy atom. The third kappa shape index (κ3) is 12.9. The lowest BCUT2D eigenvalue weighted by molar-refractivity contribution is -0.122. The van der Waals surface area contributed by atoms with Crippen LogP contribution in [0.25, 0.3) is 11.2 Å². The number of aliphatic imine (C=N–C) groups is 1. The number of nitriles is 2. The molecule has 5 N–H and O–H groups in total. The molecule has 0 saturated carbocycles. The Balaban J connectivity index is 1.36. The first kappa shape index (κ1) is 48.8. The summed E-state index contributed by atoms with van der Waals surface area (Å²) in [5, 5.41) is 26.1. The van der Waals surface area contributed by atoms with Crippen LogP contribution < -0.4 is 21.5 Å². The van der Waals surface area contributed by atoms with Crippen molar-refractivity contribution in [1.82, 2.24) is 34.4 Å². The van der Waals surface area contributed by atoms with Gasteiger partial charge < -0.3 is 19.7 Å². The van der Waals surface area contributed by atoms with Crippen LogP contribution in [0.5, 0.6) is 0 Å². The Hall–Kier alpha value is -5.24. The Kier molecular flexibility index (Phi) is 17.0. The summed E-state index contributed by atoms with van der Waals surface area (Å²) >= 11 is 0. The molecule has 26 nitrogen and oxygen atoms in total. The van der Waals surface area contributed by atoms with Crippen LogP contribution in [0.2, 0.25) is 0 Å². The van der Waals surface area contributed by atoms with Crippen molar-refractivity contribution in [3.63, 3.8) is 0 Å². The van der Waals surface area contributed by atoms with E-state index in [1.54, 1.807) is 33.8 Å². The predicted molar refractivity (Wildman–Crippen MR) is 217 cm³/mol. The minimum Gasteiger partial charge on any atom is -0.352 e. The topological polar surface area (TPSA) is 348 Å². The van der Waals surface area contributed by atoms with Crippen LogP contribution in [-0.2, 0) is 50.8 Å². The highest BCUT2D eigenvalue weighted by atomic mass is 31.2. The van der Waals surface area contributed by atoms with Gasteiger partial charge in [0.05, 0.1) is 70.2 Å². The van der Waals surface area contributed by atoms with Gasteiger partial charge in [-0.15, -0.1) is 0 Å². The van der Waals surface area contributed by atoms with E-state index in [0.29, 0.717) is 19.1 Å². The smallest absolute Gasteiger partial charge is 0.352 e. The first-order chi connectivity index (χ1) is 30.0. The van der Waals surface area contributed by atoms with Crippen LogP contribution in [-0.4, -0.2) is 110 Å². The Morgan fingerprint density at radius 1 is 0.984 bits per heavy atom. The standard InChI is InChI=1S/C35H48N12O14P2/c1-20(2)31(49)43-34(38-5)41-29-23(15-48)39-18-47(29)27-14-24(25(60-27)17-57-62(52,53)55-12-6-10-36)61-63(54,56-13-7-11-37)58-16-22-8-9-26(59-22)46-19-40-28-30(46)42-35(45-33(28)51)44-32(50)21(3)4/h15,18-22,24-27H,6-9,12-14,16-17H2,1-5H3,(H,52,53)(H2,38,41,43,49)(H2,42,44,45,50,51)/t22?,24-,25?,26?,27?,63?/m0/s1. The quantitative estimate of drug-likeness (QED) is 0.0337. The number of phosphoric ester groups is 2. The molecule has 3 aromatic heterocycles. The van der Waals surface area contributed by atoms with Crippen LogP contribution in [0.3, 0.4) is 0 Å². The molecule has 2 fully saturated rings. The van der Waals surface area contributed by atoms with E-state index < -0.39 is 77.7 Å². The summed E-state index contributed by atoms with van der Waals surface area (Å²) in [6, 6.07) is 3.65. The fourth-order valence-corrected chi connectivity index (χ4v) is 8.13. The summed E-state index contributed by atoms with van der Waals surface area (Å²) in [5.41, 5.74) is -0.558. The number of aldehydes is 1. The average molecular weight is 923 g/mol. The summed E-state index contributed by atoms with van der Waals surface area (Å²) in [6.45, 7) is 4.81. The van der Waals surface area contributed by atoms with Gasteiger partial charge in [-0.05, 0) is 12.8 Å². The monoisotopic (exact) mass is 922 g/mol. The second kappa shape index (κ2) is 21.9. The second-order valence-corrected chi connectivity index (χ2v) is 17.6. The molecule has 5 rings (SSSR count). The van der Waals surface area contributed by atoms with Crippen LogP contribution in [0.4, 0.5) is 11.8 Å². The first-order valence-corrected chi connectivity index (χ1v) is 22.5. The van der Waals surface area contributed by atoms with Gasteiger partial charge in [-0.1, -0.05) is 27.7 Å². The Bertz CT molecular complexity index is 2390. The molecule has 2 amide bonds. The third-order valence-corrected chi connectivity index (χ3v) is 11.7. The number of nitrogens with zero attached hydrogens (tertiary/aromatic N) is 8. The highest BCUT2D eigenvalue weighted by Gasteiger charge is 2.45. The molecule has 3 aromatic rings. The lowest BCUT2D eigenvalue weighted by atomic mass is 10.2. The molecule has 0 spiro atoms. The SMILES string of the molecule is CN=C(NC(=O)C(C)C)Nc1c(C=O)ncn1C1C[C@H](OP(=O)(OCCC#N)OCC2CCC(n3cnc4c(=O)[nH]c(NC(=O)C(C)C)nc43)O2)C(COP(=O)(O)OCCC#N)O1. The van der Waals surface area contributed by atoms with Crippen LogP contribution >= 0.6 is 15.6 Å². The van der Waals surface area contributed by atoms with Crippen molar-refractivity contribution >= 4 is 62.6 Å².